The number of benzene rings is 2. The molecule has 3 N–H and O–H groups in total. The van der Waals surface area contributed by atoms with Gasteiger partial charge in [0.25, 0.3) is 0 Å². The van der Waals surface area contributed by atoms with Gasteiger partial charge in [-0.3, -0.25) is 0 Å². The molecule has 1 heterocycles. The van der Waals surface area contributed by atoms with E-state index in [0.717, 1.165) is 29.4 Å². The highest BCUT2D eigenvalue weighted by Crippen LogP contribution is 2.26. The Balaban J connectivity index is 1.84. The Morgan fingerprint density at radius 3 is 2.86 bits per heavy atom. The predicted octanol–water partition coefficient (Wildman–Crippen LogP) is 3.04. The molecule has 4 heteroatoms. The van der Waals surface area contributed by atoms with Crippen molar-refractivity contribution < 1.29 is 4.79 Å². The fourth-order valence-electron chi connectivity index (χ4n) is 3.14. The molecule has 2 aromatic carbocycles. The number of likely N-dealkylation sites (tertiary alicyclic amines) is 1. The second kappa shape index (κ2) is 5.74. The van der Waals surface area contributed by atoms with Gasteiger partial charge < -0.3 is 16.0 Å². The van der Waals surface area contributed by atoms with Crippen molar-refractivity contribution in [2.45, 2.75) is 19.4 Å². The summed E-state index contributed by atoms with van der Waals surface area (Å²) >= 11 is 0. The summed E-state index contributed by atoms with van der Waals surface area (Å²) in [7, 11) is 0. The van der Waals surface area contributed by atoms with Gasteiger partial charge in [-0.25, -0.2) is 4.79 Å². The van der Waals surface area contributed by atoms with Crippen LogP contribution >= 0.6 is 0 Å². The highest BCUT2D eigenvalue weighted by atomic mass is 16.2. The average molecular weight is 283 g/mol. The molecule has 2 aromatic rings. The molecule has 1 saturated heterocycles. The predicted molar refractivity (Wildman–Crippen MR) is 86.3 cm³/mol. The Bertz CT molecular complexity index is 650. The number of nitrogens with two attached hydrogens (primary N) is 1. The molecule has 2 unspecified atom stereocenters. The molecule has 0 saturated carbocycles. The molecule has 3 rings (SSSR count). The number of anilines is 1. The first-order valence-electron chi connectivity index (χ1n) is 7.46. The van der Waals surface area contributed by atoms with E-state index in [-0.39, 0.29) is 12.1 Å². The third-order valence-electron chi connectivity index (χ3n) is 4.42. The summed E-state index contributed by atoms with van der Waals surface area (Å²) in [6.07, 6.45) is 1.02. The van der Waals surface area contributed by atoms with E-state index < -0.39 is 0 Å². The highest BCUT2D eigenvalue weighted by molar-refractivity contribution is 6.01. The maximum atomic E-state index is 12.5. The van der Waals surface area contributed by atoms with Crippen molar-refractivity contribution in [2.75, 3.05) is 18.4 Å². The third kappa shape index (κ3) is 2.59. The third-order valence-corrected chi connectivity index (χ3v) is 4.42. The number of urea groups is 1. The van der Waals surface area contributed by atoms with Crippen molar-refractivity contribution in [1.29, 1.82) is 0 Å². The highest BCUT2D eigenvalue weighted by Gasteiger charge is 2.33. The molecule has 1 fully saturated rings. The Hall–Kier alpha value is -2.07. The van der Waals surface area contributed by atoms with Crippen molar-refractivity contribution in [3.63, 3.8) is 0 Å². The van der Waals surface area contributed by atoms with E-state index >= 15 is 0 Å². The van der Waals surface area contributed by atoms with E-state index in [1.807, 2.05) is 47.4 Å². The van der Waals surface area contributed by atoms with Gasteiger partial charge in [0.1, 0.15) is 0 Å². The van der Waals surface area contributed by atoms with Crippen LogP contribution in [0, 0.1) is 5.92 Å². The van der Waals surface area contributed by atoms with Gasteiger partial charge in [0.15, 0.2) is 0 Å². The first-order valence-corrected chi connectivity index (χ1v) is 7.46. The second-order valence-corrected chi connectivity index (χ2v) is 5.72. The normalized spacial score (nSPS) is 21.7. The largest absolute Gasteiger partial charge is 0.328 e. The molecule has 0 bridgehead atoms. The number of hydrogen-bond donors (Lipinski definition) is 2. The summed E-state index contributed by atoms with van der Waals surface area (Å²) in [5.74, 6) is 0.466. The van der Waals surface area contributed by atoms with Gasteiger partial charge in [-0.2, -0.15) is 0 Å². The van der Waals surface area contributed by atoms with E-state index in [2.05, 4.69) is 12.2 Å². The lowest BCUT2D eigenvalue weighted by Crippen LogP contribution is -2.44. The molecule has 2 amide bonds. The van der Waals surface area contributed by atoms with Gasteiger partial charge in [0.05, 0.1) is 5.69 Å². The van der Waals surface area contributed by atoms with Crippen LogP contribution in [0.3, 0.4) is 0 Å². The van der Waals surface area contributed by atoms with Gasteiger partial charge in [0.2, 0.25) is 0 Å². The zero-order valence-electron chi connectivity index (χ0n) is 12.3. The van der Waals surface area contributed by atoms with Gasteiger partial charge in [-0.05, 0) is 23.8 Å². The number of fused-ring (bicyclic) bond motifs is 1. The zero-order chi connectivity index (χ0) is 14.8. The molecule has 0 aromatic heterocycles. The van der Waals surface area contributed by atoms with E-state index in [0.29, 0.717) is 12.5 Å². The van der Waals surface area contributed by atoms with Crippen LogP contribution in [0.4, 0.5) is 10.5 Å². The Morgan fingerprint density at radius 2 is 2.05 bits per heavy atom. The minimum absolute atomic E-state index is 0.0499. The molecule has 0 spiro atoms. The maximum Gasteiger partial charge on any atom is 0.322 e. The lowest BCUT2D eigenvalue weighted by molar-refractivity contribution is 0.202. The number of carbonyl (C=O) groups excluding carboxylic acids is 1. The SMILES string of the molecule is CC1CCN(C(=O)Nc2cccc3ccccc23)C1CN. The zero-order valence-corrected chi connectivity index (χ0v) is 12.3. The quantitative estimate of drug-likeness (QED) is 0.890. The van der Waals surface area contributed by atoms with Crippen LogP contribution < -0.4 is 11.1 Å². The van der Waals surface area contributed by atoms with Gasteiger partial charge in [-0.1, -0.05) is 43.3 Å². The van der Waals surface area contributed by atoms with E-state index in [9.17, 15) is 4.79 Å². The van der Waals surface area contributed by atoms with Gasteiger partial charge in [-0.15, -0.1) is 0 Å². The van der Waals surface area contributed by atoms with Crippen LogP contribution in [0.25, 0.3) is 10.8 Å². The van der Waals surface area contributed by atoms with Gasteiger partial charge in [0, 0.05) is 24.5 Å². The standard InChI is InChI=1S/C17H21N3O/c1-12-9-10-20(16(12)11-18)17(21)19-15-8-4-6-13-5-2-3-7-14(13)15/h2-8,12,16H,9-11,18H2,1H3,(H,19,21). The van der Waals surface area contributed by atoms with Crippen LogP contribution in [0.15, 0.2) is 42.5 Å². The van der Waals surface area contributed by atoms with Crippen molar-refractivity contribution in [3.05, 3.63) is 42.5 Å². The topological polar surface area (TPSA) is 58.4 Å². The molecule has 4 nitrogen and oxygen atoms in total. The first-order chi connectivity index (χ1) is 10.2. The number of hydrogen-bond acceptors (Lipinski definition) is 2. The Kier molecular flexibility index (Phi) is 3.80. The molecular formula is C17H21N3O. The number of amides is 2. The lowest BCUT2D eigenvalue weighted by atomic mass is 10.0. The molecule has 0 radical (unpaired) electrons. The Morgan fingerprint density at radius 1 is 1.29 bits per heavy atom. The van der Waals surface area contributed by atoms with Crippen LogP contribution in [0.1, 0.15) is 13.3 Å². The Labute approximate surface area is 124 Å². The molecule has 0 aliphatic carbocycles. The van der Waals surface area contributed by atoms with Crippen molar-refractivity contribution in [3.8, 4) is 0 Å². The molecular weight excluding hydrogens is 262 g/mol. The van der Waals surface area contributed by atoms with Crippen LogP contribution in [0.2, 0.25) is 0 Å². The molecule has 2 atom stereocenters. The summed E-state index contributed by atoms with van der Waals surface area (Å²) in [5, 5.41) is 5.23. The van der Waals surface area contributed by atoms with E-state index in [4.69, 9.17) is 5.73 Å². The van der Waals surface area contributed by atoms with E-state index in [1.165, 1.54) is 0 Å². The molecule has 110 valence electrons. The summed E-state index contributed by atoms with van der Waals surface area (Å²) in [5.41, 5.74) is 6.67. The van der Waals surface area contributed by atoms with Crippen LogP contribution in [0.5, 0.6) is 0 Å². The van der Waals surface area contributed by atoms with E-state index in [1.54, 1.807) is 0 Å². The average Bonchev–Trinajstić information content (AvgIpc) is 2.88. The lowest BCUT2D eigenvalue weighted by Gasteiger charge is -2.26. The minimum atomic E-state index is -0.0499. The van der Waals surface area contributed by atoms with Crippen molar-refractivity contribution in [2.24, 2.45) is 11.7 Å². The molecule has 21 heavy (non-hydrogen) atoms. The van der Waals surface area contributed by atoms with Gasteiger partial charge >= 0.3 is 6.03 Å². The fourth-order valence-corrected chi connectivity index (χ4v) is 3.14. The monoisotopic (exact) mass is 283 g/mol. The number of rotatable bonds is 2. The maximum absolute atomic E-state index is 12.5. The summed E-state index contributed by atoms with van der Waals surface area (Å²) in [6, 6.07) is 14.1. The summed E-state index contributed by atoms with van der Waals surface area (Å²) < 4.78 is 0. The minimum Gasteiger partial charge on any atom is -0.328 e. The van der Waals surface area contributed by atoms with Crippen molar-refractivity contribution >= 4 is 22.5 Å². The summed E-state index contributed by atoms with van der Waals surface area (Å²) in [4.78, 5) is 14.4. The number of carbonyl (C=O) groups is 1. The number of nitrogens with one attached hydrogen (secondary N) is 1. The smallest absolute Gasteiger partial charge is 0.322 e. The van der Waals surface area contributed by atoms with Crippen LogP contribution in [-0.4, -0.2) is 30.1 Å². The second-order valence-electron chi connectivity index (χ2n) is 5.72. The first kappa shape index (κ1) is 13.9. The summed E-state index contributed by atoms with van der Waals surface area (Å²) in [6.45, 7) is 3.45. The molecule has 1 aliphatic heterocycles. The van der Waals surface area contributed by atoms with Crippen LogP contribution in [-0.2, 0) is 0 Å². The number of nitrogens with zero attached hydrogens (tertiary/aromatic N) is 1. The fraction of sp³-hybridized carbons (Fsp3) is 0.353. The molecule has 1 aliphatic rings. The van der Waals surface area contributed by atoms with Crippen molar-refractivity contribution in [1.82, 2.24) is 4.90 Å².